The Bertz CT molecular complexity index is 934. The van der Waals surface area contributed by atoms with Crippen molar-refractivity contribution in [1.82, 2.24) is 0 Å². The normalized spacial score (nSPS) is 14.9. The van der Waals surface area contributed by atoms with Crippen molar-refractivity contribution >= 4 is 29.5 Å². The third-order valence-corrected chi connectivity index (χ3v) is 4.17. The molecule has 2 aromatic carbocycles. The molecule has 0 amide bonds. The van der Waals surface area contributed by atoms with Crippen LogP contribution in [-0.4, -0.2) is 25.6 Å². The summed E-state index contributed by atoms with van der Waals surface area (Å²) in [7, 11) is 1.54. The second kappa shape index (κ2) is 8.27. The summed E-state index contributed by atoms with van der Waals surface area (Å²) in [6, 6.07) is 11.1. The maximum absolute atomic E-state index is 12.2. The molecule has 0 unspecified atom stereocenters. The van der Waals surface area contributed by atoms with Gasteiger partial charge in [0.05, 0.1) is 18.7 Å². The van der Waals surface area contributed by atoms with Crippen LogP contribution in [-0.2, 0) is 9.53 Å². The largest absolute Gasteiger partial charge is 0.493 e. The van der Waals surface area contributed by atoms with Crippen molar-refractivity contribution in [2.75, 3.05) is 13.7 Å². The number of rotatable bonds is 6. The molecule has 5 nitrogen and oxygen atoms in total. The fraction of sp³-hybridized carbons (Fsp3) is 0.238. The zero-order chi connectivity index (χ0) is 19.4. The number of nitrogens with zero attached hydrogens (tertiary/aromatic N) is 1. The molecule has 0 aromatic heterocycles. The molecule has 0 spiro atoms. The van der Waals surface area contributed by atoms with Crippen LogP contribution in [0.2, 0.25) is 5.02 Å². The van der Waals surface area contributed by atoms with Crippen molar-refractivity contribution in [3.63, 3.8) is 0 Å². The third kappa shape index (κ3) is 4.31. The van der Waals surface area contributed by atoms with Gasteiger partial charge in [0.2, 0.25) is 5.90 Å². The number of carbonyl (C=O) groups is 1. The van der Waals surface area contributed by atoms with Crippen molar-refractivity contribution in [3.8, 4) is 11.5 Å². The highest BCUT2D eigenvalue weighted by Crippen LogP contribution is 2.37. The van der Waals surface area contributed by atoms with Crippen LogP contribution in [0.5, 0.6) is 11.5 Å². The number of methoxy groups -OCH3 is 1. The van der Waals surface area contributed by atoms with Crippen LogP contribution >= 0.6 is 11.6 Å². The first-order valence-electron chi connectivity index (χ1n) is 8.61. The van der Waals surface area contributed by atoms with Gasteiger partial charge in [-0.05, 0) is 49.2 Å². The van der Waals surface area contributed by atoms with Crippen LogP contribution in [0, 0.1) is 6.92 Å². The third-order valence-electron chi connectivity index (χ3n) is 3.89. The Hall–Kier alpha value is -2.79. The fourth-order valence-corrected chi connectivity index (χ4v) is 2.91. The fourth-order valence-electron chi connectivity index (χ4n) is 2.64. The van der Waals surface area contributed by atoms with Crippen LogP contribution in [0.15, 0.2) is 47.1 Å². The maximum Gasteiger partial charge on any atom is 0.363 e. The molecule has 140 valence electrons. The summed E-state index contributed by atoms with van der Waals surface area (Å²) in [4.78, 5) is 16.5. The van der Waals surface area contributed by atoms with Gasteiger partial charge in [-0.1, -0.05) is 36.2 Å². The van der Waals surface area contributed by atoms with E-state index >= 15 is 0 Å². The molecule has 6 heteroatoms. The first kappa shape index (κ1) is 19.0. The van der Waals surface area contributed by atoms with E-state index in [2.05, 4.69) is 4.99 Å². The van der Waals surface area contributed by atoms with Gasteiger partial charge in [0.25, 0.3) is 0 Å². The summed E-state index contributed by atoms with van der Waals surface area (Å²) in [6.07, 6.45) is 2.47. The highest BCUT2D eigenvalue weighted by atomic mass is 35.5. The molecule has 27 heavy (non-hydrogen) atoms. The molecular weight excluding hydrogens is 366 g/mol. The first-order chi connectivity index (χ1) is 13.0. The molecule has 0 saturated carbocycles. The van der Waals surface area contributed by atoms with E-state index < -0.39 is 5.97 Å². The second-order valence-corrected chi connectivity index (χ2v) is 6.50. The standard InChI is InChI=1S/C21H20ClNO4/c1-4-8-26-19-16(22)10-14(12-18(19)25-3)11-17-21(24)27-20(23-17)15-7-5-6-13(2)9-15/h5-7,9-12H,4,8H2,1-3H3. The smallest absolute Gasteiger partial charge is 0.363 e. The van der Waals surface area contributed by atoms with Gasteiger partial charge in [-0.25, -0.2) is 9.79 Å². The summed E-state index contributed by atoms with van der Waals surface area (Å²) in [5.41, 5.74) is 2.68. The van der Waals surface area contributed by atoms with Gasteiger partial charge in [-0.3, -0.25) is 0 Å². The molecule has 1 heterocycles. The first-order valence-corrected chi connectivity index (χ1v) is 8.99. The molecule has 0 bridgehead atoms. The Kier molecular flexibility index (Phi) is 5.81. The topological polar surface area (TPSA) is 57.1 Å². The Balaban J connectivity index is 1.94. The lowest BCUT2D eigenvalue weighted by Crippen LogP contribution is -2.05. The number of esters is 1. The van der Waals surface area contributed by atoms with Gasteiger partial charge in [0.15, 0.2) is 17.2 Å². The number of hydrogen-bond donors (Lipinski definition) is 0. The summed E-state index contributed by atoms with van der Waals surface area (Å²) >= 11 is 6.33. The monoisotopic (exact) mass is 385 g/mol. The van der Waals surface area contributed by atoms with E-state index in [-0.39, 0.29) is 11.6 Å². The van der Waals surface area contributed by atoms with E-state index in [0.717, 1.165) is 17.5 Å². The Morgan fingerprint density at radius 1 is 1.26 bits per heavy atom. The molecule has 0 fully saturated rings. The predicted molar refractivity (Wildman–Crippen MR) is 106 cm³/mol. The predicted octanol–water partition coefficient (Wildman–Crippen LogP) is 4.79. The number of hydrogen-bond acceptors (Lipinski definition) is 5. The zero-order valence-electron chi connectivity index (χ0n) is 15.4. The number of carbonyl (C=O) groups excluding carboxylic acids is 1. The summed E-state index contributed by atoms with van der Waals surface area (Å²) in [5.74, 6) is 0.766. The lowest BCUT2D eigenvalue weighted by molar-refractivity contribution is -0.129. The highest BCUT2D eigenvalue weighted by molar-refractivity contribution is 6.32. The second-order valence-electron chi connectivity index (χ2n) is 6.09. The minimum absolute atomic E-state index is 0.201. The van der Waals surface area contributed by atoms with Gasteiger partial charge in [-0.2, -0.15) is 0 Å². The van der Waals surface area contributed by atoms with E-state index in [4.69, 9.17) is 25.8 Å². The van der Waals surface area contributed by atoms with Crippen LogP contribution in [0.4, 0.5) is 0 Å². The number of cyclic esters (lactones) is 1. The van der Waals surface area contributed by atoms with Crippen molar-refractivity contribution < 1.29 is 19.0 Å². The molecule has 1 aliphatic rings. The average molecular weight is 386 g/mol. The molecule has 0 saturated heterocycles. The minimum atomic E-state index is -0.507. The number of benzene rings is 2. The van der Waals surface area contributed by atoms with E-state index in [9.17, 15) is 4.79 Å². The maximum atomic E-state index is 12.2. The summed E-state index contributed by atoms with van der Waals surface area (Å²) < 4.78 is 16.3. The number of ether oxygens (including phenoxy) is 3. The Morgan fingerprint density at radius 2 is 2.07 bits per heavy atom. The van der Waals surface area contributed by atoms with Crippen LogP contribution < -0.4 is 9.47 Å². The van der Waals surface area contributed by atoms with Crippen molar-refractivity contribution in [3.05, 3.63) is 63.8 Å². The Morgan fingerprint density at radius 3 is 2.78 bits per heavy atom. The van der Waals surface area contributed by atoms with Crippen molar-refractivity contribution in [1.29, 1.82) is 0 Å². The van der Waals surface area contributed by atoms with Crippen LogP contribution in [0.3, 0.4) is 0 Å². The molecule has 2 aromatic rings. The van der Waals surface area contributed by atoms with Gasteiger partial charge in [0, 0.05) is 5.56 Å². The molecule has 0 aliphatic carbocycles. The molecule has 0 radical (unpaired) electrons. The van der Waals surface area contributed by atoms with Gasteiger partial charge in [-0.15, -0.1) is 0 Å². The van der Waals surface area contributed by atoms with E-state index in [1.807, 2.05) is 38.1 Å². The van der Waals surface area contributed by atoms with Crippen molar-refractivity contribution in [2.24, 2.45) is 4.99 Å². The lowest BCUT2D eigenvalue weighted by atomic mass is 10.1. The van der Waals surface area contributed by atoms with E-state index in [0.29, 0.717) is 28.7 Å². The molecule has 0 atom stereocenters. The van der Waals surface area contributed by atoms with Crippen LogP contribution in [0.1, 0.15) is 30.0 Å². The van der Waals surface area contributed by atoms with E-state index in [1.165, 1.54) is 0 Å². The molecule has 3 rings (SSSR count). The lowest BCUT2D eigenvalue weighted by Gasteiger charge is -2.12. The number of aliphatic imine (C=N–C) groups is 1. The number of aryl methyl sites for hydroxylation is 1. The van der Waals surface area contributed by atoms with Gasteiger partial charge >= 0.3 is 5.97 Å². The van der Waals surface area contributed by atoms with Crippen molar-refractivity contribution in [2.45, 2.75) is 20.3 Å². The SMILES string of the molecule is CCCOc1c(Cl)cc(C=C2N=C(c3cccc(C)c3)OC2=O)cc1OC. The van der Waals surface area contributed by atoms with E-state index in [1.54, 1.807) is 25.3 Å². The Labute approximate surface area is 163 Å². The van der Waals surface area contributed by atoms with Crippen LogP contribution in [0.25, 0.3) is 6.08 Å². The molecule has 0 N–H and O–H groups in total. The van der Waals surface area contributed by atoms with Gasteiger partial charge in [0.1, 0.15) is 0 Å². The molecular formula is C21H20ClNO4. The highest BCUT2D eigenvalue weighted by Gasteiger charge is 2.24. The minimum Gasteiger partial charge on any atom is -0.493 e. The number of halogens is 1. The molecule has 1 aliphatic heterocycles. The quantitative estimate of drug-likeness (QED) is 0.530. The summed E-state index contributed by atoms with van der Waals surface area (Å²) in [6.45, 7) is 4.51. The zero-order valence-corrected chi connectivity index (χ0v) is 16.2. The summed E-state index contributed by atoms with van der Waals surface area (Å²) in [5, 5.41) is 0.406. The average Bonchev–Trinajstić information content (AvgIpc) is 3.01. The van der Waals surface area contributed by atoms with Gasteiger partial charge < -0.3 is 14.2 Å².